The summed E-state index contributed by atoms with van der Waals surface area (Å²) in [6.45, 7) is 4.59. The van der Waals surface area contributed by atoms with Gasteiger partial charge in [0.1, 0.15) is 16.5 Å². The number of sulfonamides is 1. The molecule has 0 aliphatic carbocycles. The number of hydrogen-bond donors (Lipinski definition) is 1. The average Bonchev–Trinajstić information content (AvgIpc) is 3.18. The molecule has 0 spiro atoms. The Morgan fingerprint density at radius 3 is 2.57 bits per heavy atom. The van der Waals surface area contributed by atoms with E-state index in [-0.39, 0.29) is 16.9 Å². The lowest BCUT2D eigenvalue weighted by atomic mass is 9.99. The van der Waals surface area contributed by atoms with Crippen LogP contribution < -0.4 is 10.5 Å². The van der Waals surface area contributed by atoms with E-state index in [2.05, 4.69) is 9.88 Å². The van der Waals surface area contributed by atoms with Crippen LogP contribution in [0.1, 0.15) is 43.4 Å². The van der Waals surface area contributed by atoms with Crippen LogP contribution in [-0.4, -0.2) is 36.0 Å². The number of pyridine rings is 1. The van der Waals surface area contributed by atoms with Gasteiger partial charge in [-0.1, -0.05) is 36.8 Å². The van der Waals surface area contributed by atoms with Gasteiger partial charge in [0.05, 0.1) is 11.6 Å². The Bertz CT molecular complexity index is 1610. The molecule has 8 nitrogen and oxygen atoms in total. The van der Waals surface area contributed by atoms with Gasteiger partial charge in [0, 0.05) is 18.7 Å². The zero-order valence-electron chi connectivity index (χ0n) is 20.2. The van der Waals surface area contributed by atoms with Gasteiger partial charge >= 0.3 is 5.76 Å². The SMILES string of the molecule is CC(c1ccccc1CN1CCCCC1)n1c(=O)oc2cc(S(=O)(=O)Nc3cccc(F)n3)c(F)cc21. The number of anilines is 1. The fourth-order valence-electron chi connectivity index (χ4n) is 4.85. The maximum Gasteiger partial charge on any atom is 0.420 e. The van der Waals surface area contributed by atoms with Crippen LogP contribution in [0.15, 0.2) is 68.7 Å². The van der Waals surface area contributed by atoms with E-state index in [4.69, 9.17) is 4.42 Å². The first kappa shape index (κ1) is 25.1. The molecule has 3 heterocycles. The van der Waals surface area contributed by atoms with Gasteiger partial charge < -0.3 is 4.42 Å². The summed E-state index contributed by atoms with van der Waals surface area (Å²) < 4.78 is 62.9. The smallest absolute Gasteiger partial charge is 0.408 e. The van der Waals surface area contributed by atoms with E-state index in [1.807, 2.05) is 35.9 Å². The molecular formula is C26H26F2N4O4S. The molecule has 194 valence electrons. The largest absolute Gasteiger partial charge is 0.420 e. The van der Waals surface area contributed by atoms with E-state index in [1.165, 1.54) is 23.1 Å². The number of oxazole rings is 1. The van der Waals surface area contributed by atoms with Gasteiger partial charge in [-0.3, -0.25) is 14.2 Å². The molecule has 5 rings (SSSR count). The average molecular weight is 529 g/mol. The molecule has 1 aliphatic heterocycles. The molecule has 2 aromatic heterocycles. The van der Waals surface area contributed by atoms with Crippen LogP contribution >= 0.6 is 0 Å². The monoisotopic (exact) mass is 528 g/mol. The first-order valence-electron chi connectivity index (χ1n) is 12.0. The molecule has 4 aromatic rings. The first-order valence-corrected chi connectivity index (χ1v) is 13.5. The fraction of sp³-hybridized carbons (Fsp3) is 0.308. The van der Waals surface area contributed by atoms with Crippen LogP contribution in [0.25, 0.3) is 11.1 Å². The molecular weight excluding hydrogens is 502 g/mol. The Morgan fingerprint density at radius 2 is 1.81 bits per heavy atom. The molecule has 0 amide bonds. The molecule has 0 radical (unpaired) electrons. The summed E-state index contributed by atoms with van der Waals surface area (Å²) in [4.78, 5) is 18.0. The van der Waals surface area contributed by atoms with Crippen molar-refractivity contribution in [2.75, 3.05) is 17.8 Å². The molecule has 1 atom stereocenters. The highest BCUT2D eigenvalue weighted by Crippen LogP contribution is 2.29. The van der Waals surface area contributed by atoms with Crippen molar-refractivity contribution >= 4 is 26.9 Å². The van der Waals surface area contributed by atoms with Gasteiger partial charge in [-0.05, 0) is 56.1 Å². The number of likely N-dealkylation sites (tertiary alicyclic amines) is 1. The Morgan fingerprint density at radius 1 is 1.05 bits per heavy atom. The molecule has 1 unspecified atom stereocenters. The van der Waals surface area contributed by atoms with Crippen LogP contribution in [-0.2, 0) is 16.6 Å². The van der Waals surface area contributed by atoms with Gasteiger partial charge in [0.2, 0.25) is 5.95 Å². The Labute approximate surface area is 212 Å². The number of halogens is 2. The van der Waals surface area contributed by atoms with Crippen molar-refractivity contribution in [3.05, 3.63) is 88.0 Å². The minimum Gasteiger partial charge on any atom is -0.408 e. The van der Waals surface area contributed by atoms with E-state index in [1.54, 1.807) is 0 Å². The second-order valence-corrected chi connectivity index (χ2v) is 10.8. The molecule has 2 aromatic carbocycles. The summed E-state index contributed by atoms with van der Waals surface area (Å²) in [7, 11) is -4.48. The molecule has 0 bridgehead atoms. The van der Waals surface area contributed by atoms with Crippen molar-refractivity contribution in [1.82, 2.24) is 14.5 Å². The predicted molar refractivity (Wildman–Crippen MR) is 135 cm³/mol. The van der Waals surface area contributed by atoms with Crippen LogP contribution in [0.5, 0.6) is 0 Å². The third-order valence-electron chi connectivity index (χ3n) is 6.65. The Hall–Kier alpha value is -3.57. The standard InChI is InChI=1S/C26H26F2N4O4S/c1-17(19-9-4-3-8-18(19)16-31-12-5-2-6-13-31)32-21-14-20(27)23(15-22(21)36-26(32)33)37(34,35)30-25-11-7-10-24(28)29-25/h3-4,7-11,14-15,17H,2,5-6,12-13,16H2,1H3,(H,29,30). The molecule has 11 heteroatoms. The predicted octanol–water partition coefficient (Wildman–Crippen LogP) is 4.66. The maximum absolute atomic E-state index is 15.2. The van der Waals surface area contributed by atoms with Crippen molar-refractivity contribution in [1.29, 1.82) is 0 Å². The van der Waals surface area contributed by atoms with Crippen molar-refractivity contribution in [2.45, 2.75) is 43.7 Å². The summed E-state index contributed by atoms with van der Waals surface area (Å²) in [5, 5.41) is 0. The van der Waals surface area contributed by atoms with Crippen LogP contribution in [0.2, 0.25) is 0 Å². The number of nitrogens with one attached hydrogen (secondary N) is 1. The lowest BCUT2D eigenvalue weighted by Crippen LogP contribution is -2.30. The number of aromatic nitrogens is 2. The Kier molecular flexibility index (Phi) is 6.82. The van der Waals surface area contributed by atoms with Crippen molar-refractivity contribution in [3.8, 4) is 0 Å². The van der Waals surface area contributed by atoms with Crippen molar-refractivity contribution < 1.29 is 21.6 Å². The summed E-state index contributed by atoms with van der Waals surface area (Å²) in [6.07, 6.45) is 3.53. The van der Waals surface area contributed by atoms with Gasteiger partial charge in [0.25, 0.3) is 10.0 Å². The first-order chi connectivity index (χ1) is 17.7. The van der Waals surface area contributed by atoms with Gasteiger partial charge in [-0.25, -0.2) is 22.6 Å². The lowest BCUT2D eigenvalue weighted by Gasteiger charge is -2.28. The Balaban J connectivity index is 1.51. The normalized spacial score (nSPS) is 15.6. The highest BCUT2D eigenvalue weighted by molar-refractivity contribution is 7.92. The third-order valence-corrected chi connectivity index (χ3v) is 8.02. The topological polar surface area (TPSA) is 97.4 Å². The molecule has 1 saturated heterocycles. The zero-order valence-corrected chi connectivity index (χ0v) is 21.0. The minimum atomic E-state index is -4.48. The quantitative estimate of drug-likeness (QED) is 0.351. The number of rotatable bonds is 7. The second-order valence-electron chi connectivity index (χ2n) is 9.15. The number of piperidine rings is 1. The van der Waals surface area contributed by atoms with Crippen LogP contribution in [0.4, 0.5) is 14.6 Å². The molecule has 1 N–H and O–H groups in total. The van der Waals surface area contributed by atoms with Gasteiger partial charge in [-0.15, -0.1) is 0 Å². The fourth-order valence-corrected chi connectivity index (χ4v) is 5.93. The molecule has 0 saturated carbocycles. The van der Waals surface area contributed by atoms with Gasteiger partial charge in [-0.2, -0.15) is 4.39 Å². The number of benzene rings is 2. The van der Waals surface area contributed by atoms with E-state index >= 15 is 4.39 Å². The molecule has 37 heavy (non-hydrogen) atoms. The van der Waals surface area contributed by atoms with Crippen LogP contribution in [0.3, 0.4) is 0 Å². The van der Waals surface area contributed by atoms with E-state index in [0.717, 1.165) is 61.8 Å². The van der Waals surface area contributed by atoms with Crippen molar-refractivity contribution in [3.63, 3.8) is 0 Å². The van der Waals surface area contributed by atoms with Crippen LogP contribution in [0, 0.1) is 11.8 Å². The molecule has 1 aliphatic rings. The zero-order chi connectivity index (χ0) is 26.2. The summed E-state index contributed by atoms with van der Waals surface area (Å²) >= 11 is 0. The van der Waals surface area contributed by atoms with Gasteiger partial charge in [0.15, 0.2) is 5.58 Å². The summed E-state index contributed by atoms with van der Waals surface area (Å²) in [5.74, 6) is -3.02. The number of hydrogen-bond acceptors (Lipinski definition) is 6. The highest BCUT2D eigenvalue weighted by atomic mass is 32.2. The van der Waals surface area contributed by atoms with E-state index in [0.29, 0.717) is 0 Å². The summed E-state index contributed by atoms with van der Waals surface area (Å²) in [6, 6.07) is 12.8. The minimum absolute atomic E-state index is 0.0839. The number of nitrogens with zero attached hydrogens (tertiary/aromatic N) is 3. The van der Waals surface area contributed by atoms with E-state index < -0.39 is 38.5 Å². The number of fused-ring (bicyclic) bond motifs is 1. The molecule has 1 fully saturated rings. The summed E-state index contributed by atoms with van der Waals surface area (Å²) in [5.41, 5.74) is 2.00. The van der Waals surface area contributed by atoms with Crippen molar-refractivity contribution in [2.24, 2.45) is 0 Å². The second kappa shape index (κ2) is 10.1. The third kappa shape index (κ3) is 5.14. The van der Waals surface area contributed by atoms with E-state index in [9.17, 15) is 17.6 Å². The highest BCUT2D eigenvalue weighted by Gasteiger charge is 2.26. The maximum atomic E-state index is 15.2. The lowest BCUT2D eigenvalue weighted by molar-refractivity contribution is 0.220.